The number of amides is 1. The first kappa shape index (κ1) is 14.3. The lowest BCUT2D eigenvalue weighted by Gasteiger charge is -2.09. The molecule has 0 spiro atoms. The van der Waals surface area contributed by atoms with Gasteiger partial charge < -0.3 is 11.1 Å². The number of hydrogen-bond donors (Lipinski definition) is 2. The Hall–Kier alpha value is -2.13. The second-order valence-electron chi connectivity index (χ2n) is 4.90. The number of nitrogens with two attached hydrogens (primary N) is 1. The van der Waals surface area contributed by atoms with Crippen LogP contribution in [0.25, 0.3) is 0 Å². The SMILES string of the molecule is Cc1cccc(CCC(=O)Nc2ccccc2CN)c1. The van der Waals surface area contributed by atoms with Crippen molar-refractivity contribution in [2.24, 2.45) is 5.73 Å². The molecule has 0 bridgehead atoms. The van der Waals surface area contributed by atoms with Gasteiger partial charge in [0, 0.05) is 18.7 Å². The molecular weight excluding hydrogens is 248 g/mol. The zero-order valence-electron chi connectivity index (χ0n) is 11.7. The minimum atomic E-state index is 0.0207. The van der Waals surface area contributed by atoms with E-state index in [1.54, 1.807) is 0 Å². The van der Waals surface area contributed by atoms with Crippen molar-refractivity contribution >= 4 is 11.6 Å². The van der Waals surface area contributed by atoms with E-state index >= 15 is 0 Å². The summed E-state index contributed by atoms with van der Waals surface area (Å²) in [6.07, 6.45) is 1.22. The van der Waals surface area contributed by atoms with Crippen LogP contribution in [0.5, 0.6) is 0 Å². The Kier molecular flexibility index (Phi) is 4.91. The van der Waals surface area contributed by atoms with Gasteiger partial charge in [0.15, 0.2) is 0 Å². The third kappa shape index (κ3) is 3.93. The molecule has 0 saturated carbocycles. The molecule has 0 fully saturated rings. The van der Waals surface area contributed by atoms with Gasteiger partial charge in [0.1, 0.15) is 0 Å². The van der Waals surface area contributed by atoms with Crippen molar-refractivity contribution in [1.29, 1.82) is 0 Å². The van der Waals surface area contributed by atoms with Crippen LogP contribution in [0.2, 0.25) is 0 Å². The van der Waals surface area contributed by atoms with E-state index in [0.717, 1.165) is 17.7 Å². The molecule has 0 saturated heterocycles. The molecule has 0 aliphatic rings. The van der Waals surface area contributed by atoms with E-state index in [0.29, 0.717) is 13.0 Å². The third-order valence-electron chi connectivity index (χ3n) is 3.23. The minimum Gasteiger partial charge on any atom is -0.326 e. The van der Waals surface area contributed by atoms with Gasteiger partial charge in [-0.25, -0.2) is 0 Å². The number of carbonyl (C=O) groups excluding carboxylic acids is 1. The summed E-state index contributed by atoms with van der Waals surface area (Å²) >= 11 is 0. The first-order valence-electron chi connectivity index (χ1n) is 6.82. The summed E-state index contributed by atoms with van der Waals surface area (Å²) in [5.41, 5.74) is 9.83. The van der Waals surface area contributed by atoms with Crippen molar-refractivity contribution in [3.8, 4) is 0 Å². The van der Waals surface area contributed by atoms with Crippen LogP contribution in [0.15, 0.2) is 48.5 Å². The Bertz CT molecular complexity index is 593. The number of rotatable bonds is 5. The monoisotopic (exact) mass is 268 g/mol. The van der Waals surface area contributed by atoms with Crippen molar-refractivity contribution in [2.75, 3.05) is 5.32 Å². The molecule has 2 aromatic carbocycles. The molecule has 1 amide bonds. The Morgan fingerprint density at radius 2 is 1.95 bits per heavy atom. The molecule has 0 atom stereocenters. The molecule has 3 nitrogen and oxygen atoms in total. The maximum Gasteiger partial charge on any atom is 0.224 e. The number of nitrogens with one attached hydrogen (secondary N) is 1. The molecule has 0 aliphatic heterocycles. The maximum atomic E-state index is 12.0. The van der Waals surface area contributed by atoms with Crippen LogP contribution >= 0.6 is 0 Å². The quantitative estimate of drug-likeness (QED) is 0.875. The van der Waals surface area contributed by atoms with E-state index in [1.807, 2.05) is 36.4 Å². The zero-order chi connectivity index (χ0) is 14.4. The lowest BCUT2D eigenvalue weighted by Crippen LogP contribution is -2.14. The van der Waals surface area contributed by atoms with Crippen molar-refractivity contribution in [3.05, 3.63) is 65.2 Å². The fourth-order valence-corrected chi connectivity index (χ4v) is 2.16. The minimum absolute atomic E-state index is 0.0207. The van der Waals surface area contributed by atoms with Gasteiger partial charge in [0.2, 0.25) is 5.91 Å². The predicted octanol–water partition coefficient (Wildman–Crippen LogP) is 3.03. The molecule has 0 aromatic heterocycles. The number of anilines is 1. The molecule has 0 heterocycles. The van der Waals surface area contributed by atoms with Gasteiger partial charge in [-0.15, -0.1) is 0 Å². The average molecular weight is 268 g/mol. The highest BCUT2D eigenvalue weighted by atomic mass is 16.1. The summed E-state index contributed by atoms with van der Waals surface area (Å²) in [6.45, 7) is 2.48. The summed E-state index contributed by atoms with van der Waals surface area (Å²) in [4.78, 5) is 12.0. The van der Waals surface area contributed by atoms with E-state index < -0.39 is 0 Å². The summed E-state index contributed by atoms with van der Waals surface area (Å²) in [5, 5.41) is 2.93. The number of benzene rings is 2. The number of carbonyl (C=O) groups is 1. The van der Waals surface area contributed by atoms with Crippen molar-refractivity contribution in [1.82, 2.24) is 0 Å². The molecule has 0 unspecified atom stereocenters. The van der Waals surface area contributed by atoms with Crippen LogP contribution in [-0.4, -0.2) is 5.91 Å². The Labute approximate surface area is 119 Å². The largest absolute Gasteiger partial charge is 0.326 e. The highest BCUT2D eigenvalue weighted by Crippen LogP contribution is 2.15. The van der Waals surface area contributed by atoms with Gasteiger partial charge in [-0.2, -0.15) is 0 Å². The summed E-state index contributed by atoms with van der Waals surface area (Å²) < 4.78 is 0. The predicted molar refractivity (Wildman–Crippen MR) is 82.5 cm³/mol. The Morgan fingerprint density at radius 1 is 1.15 bits per heavy atom. The zero-order valence-corrected chi connectivity index (χ0v) is 11.7. The molecule has 104 valence electrons. The second kappa shape index (κ2) is 6.87. The van der Waals surface area contributed by atoms with Crippen LogP contribution in [0, 0.1) is 6.92 Å². The van der Waals surface area contributed by atoms with Gasteiger partial charge in [-0.05, 0) is 30.5 Å². The van der Waals surface area contributed by atoms with Gasteiger partial charge in [-0.1, -0.05) is 48.0 Å². The average Bonchev–Trinajstić information content (AvgIpc) is 2.46. The summed E-state index contributed by atoms with van der Waals surface area (Å²) in [6, 6.07) is 15.9. The van der Waals surface area contributed by atoms with Gasteiger partial charge in [0.05, 0.1) is 0 Å². The fourth-order valence-electron chi connectivity index (χ4n) is 2.16. The lowest BCUT2D eigenvalue weighted by atomic mass is 10.1. The van der Waals surface area contributed by atoms with Crippen LogP contribution in [0.1, 0.15) is 23.1 Å². The molecule has 20 heavy (non-hydrogen) atoms. The number of para-hydroxylation sites is 1. The molecule has 0 aliphatic carbocycles. The molecular formula is C17H20N2O. The maximum absolute atomic E-state index is 12.0. The van der Waals surface area contributed by atoms with Crippen molar-refractivity contribution in [3.63, 3.8) is 0 Å². The van der Waals surface area contributed by atoms with E-state index in [2.05, 4.69) is 24.4 Å². The summed E-state index contributed by atoms with van der Waals surface area (Å²) in [5.74, 6) is 0.0207. The van der Waals surface area contributed by atoms with E-state index in [-0.39, 0.29) is 5.91 Å². The van der Waals surface area contributed by atoms with Gasteiger partial charge in [-0.3, -0.25) is 4.79 Å². The molecule has 0 radical (unpaired) electrons. The molecule has 3 N–H and O–H groups in total. The first-order chi connectivity index (χ1) is 9.69. The van der Waals surface area contributed by atoms with E-state index in [1.165, 1.54) is 11.1 Å². The molecule has 3 heteroatoms. The number of aryl methyl sites for hydroxylation is 2. The Balaban J connectivity index is 1.93. The highest BCUT2D eigenvalue weighted by Gasteiger charge is 2.06. The molecule has 2 rings (SSSR count). The van der Waals surface area contributed by atoms with Gasteiger partial charge >= 0.3 is 0 Å². The second-order valence-corrected chi connectivity index (χ2v) is 4.90. The lowest BCUT2D eigenvalue weighted by molar-refractivity contribution is -0.116. The van der Waals surface area contributed by atoms with Gasteiger partial charge in [0.25, 0.3) is 0 Å². The van der Waals surface area contributed by atoms with Crippen molar-refractivity contribution in [2.45, 2.75) is 26.3 Å². The van der Waals surface area contributed by atoms with Crippen LogP contribution in [-0.2, 0) is 17.8 Å². The van der Waals surface area contributed by atoms with Crippen LogP contribution in [0.3, 0.4) is 0 Å². The first-order valence-corrected chi connectivity index (χ1v) is 6.82. The smallest absolute Gasteiger partial charge is 0.224 e. The summed E-state index contributed by atoms with van der Waals surface area (Å²) in [7, 11) is 0. The van der Waals surface area contributed by atoms with Crippen LogP contribution in [0.4, 0.5) is 5.69 Å². The standard InChI is InChI=1S/C17H20N2O/c1-13-5-4-6-14(11-13)9-10-17(20)19-16-8-3-2-7-15(16)12-18/h2-8,11H,9-10,12,18H2,1H3,(H,19,20). The van der Waals surface area contributed by atoms with Crippen LogP contribution < -0.4 is 11.1 Å². The topological polar surface area (TPSA) is 55.1 Å². The molecule has 2 aromatic rings. The number of hydrogen-bond acceptors (Lipinski definition) is 2. The van der Waals surface area contributed by atoms with E-state index in [9.17, 15) is 4.79 Å². The van der Waals surface area contributed by atoms with E-state index in [4.69, 9.17) is 5.73 Å². The highest BCUT2D eigenvalue weighted by molar-refractivity contribution is 5.91. The van der Waals surface area contributed by atoms with Crippen molar-refractivity contribution < 1.29 is 4.79 Å². The normalized spacial score (nSPS) is 10.3. The Morgan fingerprint density at radius 3 is 2.70 bits per heavy atom. The fraction of sp³-hybridized carbons (Fsp3) is 0.235. The third-order valence-corrected chi connectivity index (χ3v) is 3.23.